The molecule has 7 heteroatoms. The molecule has 1 aliphatic rings. The van der Waals surface area contributed by atoms with Crippen molar-refractivity contribution in [2.75, 3.05) is 18.4 Å². The summed E-state index contributed by atoms with van der Waals surface area (Å²) in [6.45, 7) is 2.84. The molecule has 27 heavy (non-hydrogen) atoms. The second kappa shape index (κ2) is 7.18. The normalized spacial score (nSPS) is 13.7. The third-order valence-electron chi connectivity index (χ3n) is 4.36. The van der Waals surface area contributed by atoms with E-state index in [1.807, 2.05) is 37.3 Å². The molecular formula is C20H16Cl2N4O. The van der Waals surface area contributed by atoms with Crippen molar-refractivity contribution >= 4 is 51.5 Å². The van der Waals surface area contributed by atoms with Gasteiger partial charge < -0.3 is 5.32 Å². The fraction of sp³-hybridized carbons (Fsp3) is 0.150. The van der Waals surface area contributed by atoms with Crippen LogP contribution in [0.25, 0.3) is 10.8 Å². The van der Waals surface area contributed by atoms with Gasteiger partial charge in [-0.05, 0) is 30.5 Å². The van der Waals surface area contributed by atoms with E-state index in [-0.39, 0.29) is 5.91 Å². The number of guanidine groups is 1. The summed E-state index contributed by atoms with van der Waals surface area (Å²) in [6, 6.07) is 14.9. The second-order valence-electron chi connectivity index (χ2n) is 6.22. The average molecular weight is 399 g/mol. The molecule has 2 heterocycles. The SMILES string of the molecule is Cc1cc2ccccc2c(C(=O)N2CCN=C2Nc2c(Cl)cccc2Cl)n1. The number of fused-ring (bicyclic) bond motifs is 1. The molecule has 0 saturated carbocycles. The number of aromatic nitrogens is 1. The van der Waals surface area contributed by atoms with Crippen molar-refractivity contribution in [3.63, 3.8) is 0 Å². The number of nitrogens with one attached hydrogen (secondary N) is 1. The Hall–Kier alpha value is -2.63. The largest absolute Gasteiger partial charge is 0.323 e. The van der Waals surface area contributed by atoms with Gasteiger partial charge in [0.15, 0.2) is 0 Å². The van der Waals surface area contributed by atoms with Crippen molar-refractivity contribution in [1.82, 2.24) is 9.88 Å². The Morgan fingerprint density at radius 1 is 1.11 bits per heavy atom. The molecule has 4 rings (SSSR count). The highest BCUT2D eigenvalue weighted by atomic mass is 35.5. The van der Waals surface area contributed by atoms with Gasteiger partial charge in [-0.1, -0.05) is 53.5 Å². The highest BCUT2D eigenvalue weighted by molar-refractivity contribution is 6.40. The van der Waals surface area contributed by atoms with Crippen molar-refractivity contribution < 1.29 is 4.79 Å². The number of carbonyl (C=O) groups is 1. The molecule has 0 saturated heterocycles. The summed E-state index contributed by atoms with van der Waals surface area (Å²) in [6.07, 6.45) is 0. The maximum Gasteiger partial charge on any atom is 0.279 e. The lowest BCUT2D eigenvalue weighted by Crippen LogP contribution is -2.39. The molecule has 1 amide bonds. The van der Waals surface area contributed by atoms with Gasteiger partial charge in [0.1, 0.15) is 5.69 Å². The molecule has 2 aromatic carbocycles. The van der Waals surface area contributed by atoms with Crippen LogP contribution in [0.1, 0.15) is 16.2 Å². The summed E-state index contributed by atoms with van der Waals surface area (Å²) < 4.78 is 0. The van der Waals surface area contributed by atoms with Crippen molar-refractivity contribution in [2.45, 2.75) is 6.92 Å². The van der Waals surface area contributed by atoms with Gasteiger partial charge in [-0.15, -0.1) is 0 Å². The first-order valence-electron chi connectivity index (χ1n) is 8.48. The lowest BCUT2D eigenvalue weighted by molar-refractivity contribution is 0.0854. The summed E-state index contributed by atoms with van der Waals surface area (Å²) in [5.74, 6) is 0.212. The van der Waals surface area contributed by atoms with Gasteiger partial charge in [0.2, 0.25) is 5.96 Å². The van der Waals surface area contributed by atoms with Gasteiger partial charge in [-0.2, -0.15) is 0 Å². The van der Waals surface area contributed by atoms with Crippen LogP contribution in [-0.4, -0.2) is 34.8 Å². The minimum atomic E-state index is -0.207. The van der Waals surface area contributed by atoms with Crippen LogP contribution in [0.3, 0.4) is 0 Å². The van der Waals surface area contributed by atoms with Crippen LogP contribution in [0.15, 0.2) is 53.5 Å². The molecule has 0 spiro atoms. The molecule has 136 valence electrons. The van der Waals surface area contributed by atoms with Gasteiger partial charge >= 0.3 is 0 Å². The zero-order chi connectivity index (χ0) is 19.0. The molecule has 1 aliphatic heterocycles. The number of anilines is 1. The summed E-state index contributed by atoms with van der Waals surface area (Å²) in [5, 5.41) is 5.82. The number of rotatable bonds is 2. The molecule has 0 unspecified atom stereocenters. The first-order valence-corrected chi connectivity index (χ1v) is 9.24. The van der Waals surface area contributed by atoms with Crippen LogP contribution in [-0.2, 0) is 0 Å². The Morgan fingerprint density at radius 3 is 2.63 bits per heavy atom. The first kappa shape index (κ1) is 17.8. The highest BCUT2D eigenvalue weighted by Crippen LogP contribution is 2.30. The quantitative estimate of drug-likeness (QED) is 0.675. The minimum Gasteiger partial charge on any atom is -0.323 e. The van der Waals surface area contributed by atoms with Crippen LogP contribution in [0, 0.1) is 6.92 Å². The Labute approximate surface area is 166 Å². The molecule has 0 aliphatic carbocycles. The Morgan fingerprint density at radius 2 is 1.85 bits per heavy atom. The van der Waals surface area contributed by atoms with Crippen LogP contribution in [0.4, 0.5) is 5.69 Å². The lowest BCUT2D eigenvalue weighted by atomic mass is 10.1. The van der Waals surface area contributed by atoms with E-state index in [1.165, 1.54) is 0 Å². The maximum atomic E-state index is 13.3. The Kier molecular flexibility index (Phi) is 4.72. The fourth-order valence-corrected chi connectivity index (χ4v) is 3.60. The zero-order valence-corrected chi connectivity index (χ0v) is 16.1. The number of aryl methyl sites for hydroxylation is 1. The number of amides is 1. The van der Waals surface area contributed by atoms with E-state index >= 15 is 0 Å². The van der Waals surface area contributed by atoms with E-state index in [2.05, 4.69) is 15.3 Å². The van der Waals surface area contributed by atoms with Crippen LogP contribution in [0.5, 0.6) is 0 Å². The summed E-state index contributed by atoms with van der Waals surface area (Å²) in [5.41, 5.74) is 1.73. The topological polar surface area (TPSA) is 57.6 Å². The van der Waals surface area contributed by atoms with Gasteiger partial charge in [0.25, 0.3) is 5.91 Å². The maximum absolute atomic E-state index is 13.3. The number of carbonyl (C=O) groups excluding carboxylic acids is 1. The second-order valence-corrected chi connectivity index (χ2v) is 7.03. The van der Waals surface area contributed by atoms with Crippen LogP contribution < -0.4 is 5.32 Å². The third-order valence-corrected chi connectivity index (χ3v) is 4.99. The van der Waals surface area contributed by atoms with E-state index in [9.17, 15) is 4.79 Å². The van der Waals surface area contributed by atoms with Gasteiger partial charge in [-0.25, -0.2) is 4.98 Å². The van der Waals surface area contributed by atoms with Crippen LogP contribution in [0.2, 0.25) is 10.0 Å². The van der Waals surface area contributed by atoms with E-state index in [1.54, 1.807) is 23.1 Å². The van der Waals surface area contributed by atoms with Crippen molar-refractivity contribution in [2.24, 2.45) is 4.99 Å². The van der Waals surface area contributed by atoms with Crippen molar-refractivity contribution in [3.05, 3.63) is 70.0 Å². The number of hydrogen-bond acceptors (Lipinski definition) is 4. The molecular weight excluding hydrogens is 383 g/mol. The number of benzene rings is 2. The number of hydrogen-bond donors (Lipinski definition) is 1. The fourth-order valence-electron chi connectivity index (χ4n) is 3.10. The van der Waals surface area contributed by atoms with Gasteiger partial charge in [0.05, 0.1) is 22.3 Å². The molecule has 0 fully saturated rings. The Bertz CT molecular complexity index is 1060. The molecule has 5 nitrogen and oxygen atoms in total. The summed E-state index contributed by atoms with van der Waals surface area (Å²) >= 11 is 12.5. The third kappa shape index (κ3) is 3.36. The number of halogens is 2. The Balaban J connectivity index is 1.69. The molecule has 0 radical (unpaired) electrons. The predicted octanol–water partition coefficient (Wildman–Crippen LogP) is 4.77. The number of aliphatic imine (C=N–C) groups is 1. The summed E-state index contributed by atoms with van der Waals surface area (Å²) in [7, 11) is 0. The average Bonchev–Trinajstić information content (AvgIpc) is 3.12. The smallest absolute Gasteiger partial charge is 0.279 e. The van der Waals surface area contributed by atoms with E-state index in [0.29, 0.717) is 40.5 Å². The van der Waals surface area contributed by atoms with Crippen molar-refractivity contribution in [3.8, 4) is 0 Å². The van der Waals surface area contributed by atoms with Crippen LogP contribution >= 0.6 is 23.2 Å². The van der Waals surface area contributed by atoms with E-state index in [0.717, 1.165) is 16.5 Å². The van der Waals surface area contributed by atoms with Gasteiger partial charge in [-0.3, -0.25) is 14.7 Å². The monoisotopic (exact) mass is 398 g/mol. The molecule has 3 aromatic rings. The van der Waals surface area contributed by atoms with Gasteiger partial charge in [0, 0.05) is 17.6 Å². The zero-order valence-electron chi connectivity index (χ0n) is 14.5. The lowest BCUT2D eigenvalue weighted by Gasteiger charge is -2.21. The number of pyridine rings is 1. The molecule has 1 N–H and O–H groups in total. The van der Waals surface area contributed by atoms with E-state index in [4.69, 9.17) is 23.2 Å². The first-order chi connectivity index (χ1) is 13.0. The highest BCUT2D eigenvalue weighted by Gasteiger charge is 2.28. The minimum absolute atomic E-state index is 0.207. The molecule has 0 bridgehead atoms. The van der Waals surface area contributed by atoms with E-state index < -0.39 is 0 Å². The molecule has 1 aromatic heterocycles. The number of para-hydroxylation sites is 1. The van der Waals surface area contributed by atoms with Crippen molar-refractivity contribution in [1.29, 1.82) is 0 Å². The number of nitrogens with zero attached hydrogens (tertiary/aromatic N) is 3. The molecule has 0 atom stereocenters. The standard InChI is InChI=1S/C20H16Cl2N4O/c1-12-11-13-5-2-3-6-14(13)17(24-12)19(27)26-10-9-23-20(26)25-18-15(21)7-4-8-16(18)22/h2-8,11H,9-10H2,1H3,(H,23,25). The predicted molar refractivity (Wildman–Crippen MR) is 110 cm³/mol. The summed E-state index contributed by atoms with van der Waals surface area (Å²) in [4.78, 5) is 23.7.